The summed E-state index contributed by atoms with van der Waals surface area (Å²) in [7, 11) is -4.56. The van der Waals surface area contributed by atoms with Crippen LogP contribution in [0, 0.1) is 0 Å². The largest absolute Gasteiger partial charge is 0.273 e. The summed E-state index contributed by atoms with van der Waals surface area (Å²) in [5.74, 6) is 0.851. The zero-order valence-corrected chi connectivity index (χ0v) is 11.7. The van der Waals surface area contributed by atoms with Gasteiger partial charge in [0, 0.05) is 5.75 Å². The molecule has 0 aromatic heterocycles. The molecule has 0 spiro atoms. The summed E-state index contributed by atoms with van der Waals surface area (Å²) in [4.78, 5) is 0. The molecule has 0 unspecified atom stereocenters. The molecule has 0 N–H and O–H groups in total. The highest BCUT2D eigenvalue weighted by Gasteiger charge is 2.09. The van der Waals surface area contributed by atoms with Crippen molar-refractivity contribution in [1.29, 1.82) is 0 Å². The highest BCUT2D eigenvalue weighted by atomic mass is 32.2. The topological polar surface area (TPSA) is 86.7 Å². The first kappa shape index (κ1) is 16.2. The van der Waals surface area contributed by atoms with Gasteiger partial charge >= 0.3 is 0 Å². The summed E-state index contributed by atoms with van der Waals surface area (Å²) in [6.45, 7) is 0. The maximum absolute atomic E-state index is 10.9. The quantitative estimate of drug-likeness (QED) is 0.439. The maximum atomic E-state index is 10.9. The predicted octanol–water partition coefficient (Wildman–Crippen LogP) is 0.0621. The van der Waals surface area contributed by atoms with Gasteiger partial charge in [-0.25, -0.2) is 0 Å². The Bertz CT molecular complexity index is 333. The Hall–Kier alpha value is 0.170. The van der Waals surface area contributed by atoms with Crippen LogP contribution in [0.3, 0.4) is 0 Å². The fourth-order valence-electron chi connectivity index (χ4n) is 0.767. The van der Waals surface area contributed by atoms with Crippen molar-refractivity contribution in [2.24, 2.45) is 0 Å². The van der Waals surface area contributed by atoms with Gasteiger partial charge in [-0.05, 0) is 12.2 Å². The van der Waals surface area contributed by atoms with Gasteiger partial charge in [0.2, 0.25) is 0 Å². The Kier molecular flexibility index (Phi) is 7.57. The molecule has 0 aliphatic carbocycles. The van der Waals surface area contributed by atoms with Gasteiger partial charge in [-0.1, -0.05) is 0 Å². The summed E-state index contributed by atoms with van der Waals surface area (Å²) in [5, 5.41) is 0. The first-order chi connectivity index (χ1) is 7.33. The van der Waals surface area contributed by atoms with E-state index in [0.29, 0.717) is 17.9 Å². The predicted molar refractivity (Wildman–Crippen MR) is 63.5 cm³/mol. The molecular weight excluding hydrogens is 276 g/mol. The molecule has 0 amide bonds. The summed E-state index contributed by atoms with van der Waals surface area (Å²) in [5.41, 5.74) is 0. The van der Waals surface area contributed by atoms with Crippen LogP contribution >= 0.6 is 11.8 Å². The minimum absolute atomic E-state index is 0.0481. The molecule has 0 radical (unpaired) electrons. The smallest absolute Gasteiger partial charge is 0.267 e. The third-order valence-corrected chi connectivity index (χ3v) is 5.51. The molecule has 98 valence electrons. The second kappa shape index (κ2) is 7.49. The Morgan fingerprint density at radius 1 is 0.875 bits per heavy atom. The Balaban J connectivity index is 3.57. The van der Waals surface area contributed by atoms with Crippen LogP contribution in [0.4, 0.5) is 0 Å². The molecule has 16 heavy (non-hydrogen) atoms. The Morgan fingerprint density at radius 3 is 1.88 bits per heavy atom. The lowest BCUT2D eigenvalue weighted by Crippen LogP contribution is -2.11. The molecule has 0 saturated carbocycles. The van der Waals surface area contributed by atoms with E-state index in [-0.39, 0.29) is 11.5 Å². The highest BCUT2D eigenvalue weighted by molar-refractivity contribution is 8.00. The van der Waals surface area contributed by atoms with Gasteiger partial charge in [0.1, 0.15) is 0 Å². The van der Waals surface area contributed by atoms with Crippen LogP contribution in [0.1, 0.15) is 6.42 Å². The number of hydrogen-bond donors (Lipinski definition) is 0. The van der Waals surface area contributed by atoms with E-state index in [4.69, 9.17) is 0 Å². The van der Waals surface area contributed by atoms with Crippen molar-refractivity contribution in [2.75, 3.05) is 37.2 Å². The molecule has 0 aliphatic rings. The van der Waals surface area contributed by atoms with Gasteiger partial charge in [-0.2, -0.15) is 28.6 Å². The molecule has 0 bridgehead atoms. The average molecular weight is 292 g/mol. The van der Waals surface area contributed by atoms with E-state index in [1.54, 1.807) is 0 Å². The molecule has 0 saturated heterocycles. The van der Waals surface area contributed by atoms with E-state index in [1.165, 1.54) is 11.8 Å². The first-order valence-corrected chi connectivity index (χ1v) is 8.78. The summed E-state index contributed by atoms with van der Waals surface area (Å²) >= 11 is 1.37. The van der Waals surface area contributed by atoms with Crippen molar-refractivity contribution in [2.45, 2.75) is 6.42 Å². The van der Waals surface area contributed by atoms with Crippen molar-refractivity contribution < 1.29 is 25.2 Å². The molecular formula is C7H16O6S3. The second-order valence-electron chi connectivity index (χ2n) is 2.82. The lowest BCUT2D eigenvalue weighted by Gasteiger charge is -2.02. The normalized spacial score (nSPS) is 12.9. The standard InChI is InChI=1S/C7H16O6S3/c1-12-15(8,9)6-3-4-14-5-7-16(10,11)13-2/h3-7H2,1-2H3. The first-order valence-electron chi connectivity index (χ1n) is 4.47. The van der Waals surface area contributed by atoms with Crippen LogP contribution < -0.4 is 0 Å². The average Bonchev–Trinajstić information content (AvgIpc) is 2.23. The molecule has 0 aromatic carbocycles. The molecule has 0 heterocycles. The lowest BCUT2D eigenvalue weighted by molar-refractivity contribution is 0.397. The van der Waals surface area contributed by atoms with Gasteiger partial charge < -0.3 is 0 Å². The summed E-state index contributed by atoms with van der Waals surface area (Å²) < 4.78 is 52.1. The Morgan fingerprint density at radius 2 is 1.38 bits per heavy atom. The van der Waals surface area contributed by atoms with Crippen molar-refractivity contribution in [3.63, 3.8) is 0 Å². The number of thioether (sulfide) groups is 1. The van der Waals surface area contributed by atoms with E-state index in [1.807, 2.05) is 0 Å². The van der Waals surface area contributed by atoms with E-state index >= 15 is 0 Å². The van der Waals surface area contributed by atoms with Crippen molar-refractivity contribution >= 4 is 32.0 Å². The molecule has 6 nitrogen and oxygen atoms in total. The zero-order chi connectivity index (χ0) is 12.7. The monoisotopic (exact) mass is 292 g/mol. The van der Waals surface area contributed by atoms with E-state index in [9.17, 15) is 16.8 Å². The third kappa shape index (κ3) is 8.34. The summed E-state index contributed by atoms with van der Waals surface area (Å²) in [6.07, 6.45) is 0.438. The number of hydrogen-bond acceptors (Lipinski definition) is 7. The van der Waals surface area contributed by atoms with E-state index < -0.39 is 20.2 Å². The SMILES string of the molecule is COS(=O)(=O)CCCSCCS(=O)(=O)OC. The summed E-state index contributed by atoms with van der Waals surface area (Å²) in [6, 6.07) is 0. The van der Waals surface area contributed by atoms with Gasteiger partial charge in [0.05, 0.1) is 25.7 Å². The highest BCUT2D eigenvalue weighted by Crippen LogP contribution is 2.06. The van der Waals surface area contributed by atoms with Gasteiger partial charge in [-0.15, -0.1) is 0 Å². The minimum atomic E-state index is -3.40. The minimum Gasteiger partial charge on any atom is -0.273 e. The van der Waals surface area contributed by atoms with Crippen LogP contribution in [0.2, 0.25) is 0 Å². The van der Waals surface area contributed by atoms with Crippen LogP contribution in [-0.2, 0) is 28.6 Å². The fourth-order valence-corrected chi connectivity index (χ4v) is 3.62. The van der Waals surface area contributed by atoms with Crippen LogP contribution in [-0.4, -0.2) is 54.1 Å². The molecule has 9 heteroatoms. The van der Waals surface area contributed by atoms with Gasteiger partial charge in [0.25, 0.3) is 20.2 Å². The molecule has 0 atom stereocenters. The zero-order valence-electron chi connectivity index (χ0n) is 9.21. The molecule has 0 rings (SSSR count). The maximum Gasteiger partial charge on any atom is 0.267 e. The van der Waals surface area contributed by atoms with Crippen LogP contribution in [0.25, 0.3) is 0 Å². The lowest BCUT2D eigenvalue weighted by atomic mass is 10.6. The number of rotatable bonds is 9. The third-order valence-electron chi connectivity index (χ3n) is 1.67. The second-order valence-corrected chi connectivity index (χ2v) is 7.76. The van der Waals surface area contributed by atoms with Crippen molar-refractivity contribution in [3.05, 3.63) is 0 Å². The Labute approximate surface area is 101 Å². The van der Waals surface area contributed by atoms with E-state index in [0.717, 1.165) is 14.2 Å². The van der Waals surface area contributed by atoms with Gasteiger partial charge in [-0.3, -0.25) is 8.37 Å². The fraction of sp³-hybridized carbons (Fsp3) is 1.00. The van der Waals surface area contributed by atoms with Crippen molar-refractivity contribution in [3.8, 4) is 0 Å². The molecule has 0 aromatic rings. The van der Waals surface area contributed by atoms with Crippen molar-refractivity contribution in [1.82, 2.24) is 0 Å². The van der Waals surface area contributed by atoms with Crippen LogP contribution in [0.15, 0.2) is 0 Å². The van der Waals surface area contributed by atoms with Crippen LogP contribution in [0.5, 0.6) is 0 Å². The molecule has 0 aliphatic heterocycles. The van der Waals surface area contributed by atoms with E-state index in [2.05, 4.69) is 8.37 Å². The molecule has 0 fully saturated rings. The van der Waals surface area contributed by atoms with Gasteiger partial charge in [0.15, 0.2) is 0 Å².